The van der Waals surface area contributed by atoms with Crippen molar-refractivity contribution in [2.45, 2.75) is 62.5 Å². The number of carbonyl (C=O) groups excluding carboxylic acids is 1. The van der Waals surface area contributed by atoms with E-state index in [1.807, 2.05) is 0 Å². The first-order chi connectivity index (χ1) is 22.0. The molecule has 0 aromatic carbocycles. The first-order valence-corrected chi connectivity index (χ1v) is 14.8. The molecule has 242 valence electrons. The van der Waals surface area contributed by atoms with Crippen LogP contribution in [0.15, 0.2) is 37.2 Å². The summed E-state index contributed by atoms with van der Waals surface area (Å²) in [4.78, 5) is 40.0. The van der Waals surface area contributed by atoms with Crippen molar-refractivity contribution in [1.29, 1.82) is 0 Å². The highest BCUT2D eigenvalue weighted by Gasteiger charge is 2.44. The van der Waals surface area contributed by atoms with Gasteiger partial charge in [0.2, 0.25) is 5.95 Å². The van der Waals surface area contributed by atoms with Crippen LogP contribution in [0.3, 0.4) is 0 Å². The van der Waals surface area contributed by atoms with Crippen molar-refractivity contribution >= 4 is 29.4 Å². The highest BCUT2D eigenvalue weighted by atomic mass is 35.5. The molecule has 0 saturated heterocycles. The number of aromatic nitrogens is 8. The number of amides is 2. The molecule has 0 unspecified atom stereocenters. The molecule has 6 rings (SSSR count). The summed E-state index contributed by atoms with van der Waals surface area (Å²) < 4.78 is 60.4. The third-order valence-electron chi connectivity index (χ3n) is 7.87. The fourth-order valence-corrected chi connectivity index (χ4v) is 5.36. The van der Waals surface area contributed by atoms with Gasteiger partial charge in [0, 0.05) is 42.4 Å². The molecule has 4 aromatic rings. The fourth-order valence-electron chi connectivity index (χ4n) is 5.18. The Morgan fingerprint density at radius 3 is 2.37 bits per heavy atom. The SMILES string of the molecule is COc1ncc(-c2cnc(N(C(=O)NCC3(F)CC3)[C@H]3CC[C@H](Nc4ncc(C(F)(F)F)c(-c5n[nH]cc5Cl)n4)CC3)cn2)cn1. The van der Waals surface area contributed by atoms with Crippen molar-refractivity contribution in [3.8, 4) is 28.7 Å². The van der Waals surface area contributed by atoms with Crippen LogP contribution in [0.1, 0.15) is 44.1 Å². The minimum atomic E-state index is -4.72. The number of ether oxygens (including phenoxy) is 1. The van der Waals surface area contributed by atoms with Gasteiger partial charge >= 0.3 is 18.2 Å². The van der Waals surface area contributed by atoms with Crippen molar-refractivity contribution in [2.75, 3.05) is 23.9 Å². The van der Waals surface area contributed by atoms with E-state index in [9.17, 15) is 22.4 Å². The Hall–Kier alpha value is -4.67. The Morgan fingerprint density at radius 2 is 1.78 bits per heavy atom. The third kappa shape index (κ3) is 6.93. The fraction of sp³-hybridized carbons (Fsp3) is 0.429. The van der Waals surface area contributed by atoms with E-state index in [-0.39, 0.29) is 47.1 Å². The number of rotatable bonds is 9. The second-order valence-electron chi connectivity index (χ2n) is 11.1. The number of aromatic amines is 1. The zero-order chi connectivity index (χ0) is 32.5. The summed E-state index contributed by atoms with van der Waals surface area (Å²) >= 11 is 6.04. The largest absolute Gasteiger partial charge is 0.467 e. The lowest BCUT2D eigenvalue weighted by Gasteiger charge is -2.36. The van der Waals surface area contributed by atoms with Crippen LogP contribution in [0.5, 0.6) is 6.01 Å². The van der Waals surface area contributed by atoms with E-state index in [1.54, 1.807) is 0 Å². The molecule has 0 radical (unpaired) electrons. The van der Waals surface area contributed by atoms with Crippen LogP contribution >= 0.6 is 11.6 Å². The first kappa shape index (κ1) is 31.3. The zero-order valence-electron chi connectivity index (χ0n) is 24.4. The molecular weight excluding hydrogens is 634 g/mol. The number of hydrogen-bond donors (Lipinski definition) is 3. The predicted molar refractivity (Wildman–Crippen MR) is 158 cm³/mol. The van der Waals surface area contributed by atoms with E-state index >= 15 is 0 Å². The number of urea groups is 1. The summed E-state index contributed by atoms with van der Waals surface area (Å²) in [5, 5.41) is 12.1. The minimum absolute atomic E-state index is 0.0112. The van der Waals surface area contributed by atoms with Gasteiger partial charge in [0.25, 0.3) is 0 Å². The van der Waals surface area contributed by atoms with Gasteiger partial charge in [0.05, 0.1) is 36.8 Å². The molecule has 2 fully saturated rings. The minimum Gasteiger partial charge on any atom is -0.467 e. The highest BCUT2D eigenvalue weighted by Crippen LogP contribution is 2.39. The molecule has 3 N–H and O–H groups in total. The van der Waals surface area contributed by atoms with Crippen molar-refractivity contribution in [3.63, 3.8) is 0 Å². The van der Waals surface area contributed by atoms with E-state index in [2.05, 4.69) is 50.7 Å². The molecule has 13 nitrogen and oxygen atoms in total. The van der Waals surface area contributed by atoms with Crippen molar-refractivity contribution in [1.82, 2.24) is 45.4 Å². The normalized spacial score (nSPS) is 18.9. The maximum Gasteiger partial charge on any atom is 0.420 e. The average Bonchev–Trinajstić information content (AvgIpc) is 3.64. The molecule has 0 aliphatic heterocycles. The number of H-pyrrole nitrogens is 1. The molecule has 2 aliphatic rings. The van der Waals surface area contributed by atoms with Crippen LogP contribution in [-0.4, -0.2) is 77.5 Å². The van der Waals surface area contributed by atoms with E-state index in [0.29, 0.717) is 56.0 Å². The van der Waals surface area contributed by atoms with Gasteiger partial charge in [-0.25, -0.2) is 34.1 Å². The molecule has 2 aliphatic carbocycles. The summed E-state index contributed by atoms with van der Waals surface area (Å²) in [6, 6.07) is -0.814. The summed E-state index contributed by atoms with van der Waals surface area (Å²) in [7, 11) is 1.46. The second-order valence-corrected chi connectivity index (χ2v) is 11.5. The van der Waals surface area contributed by atoms with Crippen molar-refractivity contribution < 1.29 is 27.1 Å². The number of anilines is 2. The molecule has 4 aromatic heterocycles. The molecule has 18 heteroatoms. The number of alkyl halides is 4. The quantitative estimate of drug-likeness (QED) is 0.203. The summed E-state index contributed by atoms with van der Waals surface area (Å²) in [5.74, 6) is 0.268. The van der Waals surface area contributed by atoms with Crippen LogP contribution in [0.2, 0.25) is 5.02 Å². The highest BCUT2D eigenvalue weighted by molar-refractivity contribution is 6.32. The van der Waals surface area contributed by atoms with Crippen LogP contribution in [0.4, 0.5) is 34.1 Å². The number of halogens is 5. The summed E-state index contributed by atoms with van der Waals surface area (Å²) in [5.41, 5.74) is -1.97. The summed E-state index contributed by atoms with van der Waals surface area (Å²) in [6.07, 6.45) is 6.12. The Kier molecular flexibility index (Phi) is 8.59. The predicted octanol–water partition coefficient (Wildman–Crippen LogP) is 5.24. The van der Waals surface area contributed by atoms with Gasteiger partial charge in [0.1, 0.15) is 22.6 Å². The third-order valence-corrected chi connectivity index (χ3v) is 8.15. The number of hydrogen-bond acceptors (Lipinski definition) is 10. The Bertz CT molecular complexity index is 1680. The first-order valence-electron chi connectivity index (χ1n) is 14.4. The Balaban J connectivity index is 1.17. The van der Waals surface area contributed by atoms with Gasteiger partial charge in [-0.2, -0.15) is 18.3 Å². The molecular formula is C28H28ClF4N11O2. The van der Waals surface area contributed by atoms with Gasteiger partial charge in [-0.3, -0.25) is 15.0 Å². The second kappa shape index (κ2) is 12.6. The standard InChI is InChI=1S/C28H28ClF4N11O2/c1-46-25-37-8-15(9-38-25)20-12-35-21(13-34-20)44(26(45)39-14-27(30)6-7-27)17-4-2-16(3-5-17)41-24-36-10-18(28(31,32)33)22(42-24)23-19(29)11-40-43-23/h8-13,16-17H,2-7,14H2,1H3,(H,39,45)(H,40,43)(H,36,41,42)/t16-,17-. The monoisotopic (exact) mass is 661 g/mol. The number of nitrogens with one attached hydrogen (secondary N) is 3. The number of nitrogens with zero attached hydrogens (tertiary/aromatic N) is 8. The van der Waals surface area contributed by atoms with Gasteiger partial charge in [-0.1, -0.05) is 11.6 Å². The van der Waals surface area contributed by atoms with Crippen LogP contribution < -0.4 is 20.3 Å². The van der Waals surface area contributed by atoms with Crippen LogP contribution in [-0.2, 0) is 6.18 Å². The topological polar surface area (TPSA) is 160 Å². The molecule has 0 atom stereocenters. The number of carbonyl (C=O) groups is 1. The smallest absolute Gasteiger partial charge is 0.420 e. The Morgan fingerprint density at radius 1 is 1.04 bits per heavy atom. The van der Waals surface area contributed by atoms with Gasteiger partial charge in [0.15, 0.2) is 5.82 Å². The Labute approximate surface area is 264 Å². The van der Waals surface area contributed by atoms with Crippen LogP contribution in [0, 0.1) is 0 Å². The van der Waals surface area contributed by atoms with E-state index < -0.39 is 29.1 Å². The molecule has 46 heavy (non-hydrogen) atoms. The molecule has 0 bridgehead atoms. The van der Waals surface area contributed by atoms with Gasteiger partial charge < -0.3 is 15.4 Å². The maximum absolute atomic E-state index is 14.4. The summed E-state index contributed by atoms with van der Waals surface area (Å²) in [6.45, 7) is -0.110. The molecule has 2 amide bonds. The lowest BCUT2D eigenvalue weighted by Crippen LogP contribution is -2.50. The van der Waals surface area contributed by atoms with Crippen molar-refractivity contribution in [3.05, 3.63) is 47.8 Å². The lowest BCUT2D eigenvalue weighted by molar-refractivity contribution is -0.137. The maximum atomic E-state index is 14.4. The number of methoxy groups -OCH3 is 1. The van der Waals surface area contributed by atoms with Crippen LogP contribution in [0.25, 0.3) is 22.6 Å². The van der Waals surface area contributed by atoms with Gasteiger partial charge in [-0.15, -0.1) is 0 Å². The lowest BCUT2D eigenvalue weighted by atomic mass is 9.90. The molecule has 4 heterocycles. The van der Waals surface area contributed by atoms with Crippen molar-refractivity contribution in [2.24, 2.45) is 0 Å². The van der Waals surface area contributed by atoms with E-state index in [4.69, 9.17) is 16.3 Å². The van der Waals surface area contributed by atoms with E-state index in [1.165, 1.54) is 43.0 Å². The van der Waals surface area contributed by atoms with E-state index in [0.717, 1.165) is 0 Å². The average molecular weight is 662 g/mol. The zero-order valence-corrected chi connectivity index (χ0v) is 25.1. The van der Waals surface area contributed by atoms with Gasteiger partial charge in [-0.05, 0) is 38.5 Å². The molecule has 0 spiro atoms. The molecule has 2 saturated carbocycles.